The second-order valence-electron chi connectivity index (χ2n) is 9.46. The van der Waals surface area contributed by atoms with E-state index in [0.29, 0.717) is 23.9 Å². The van der Waals surface area contributed by atoms with E-state index < -0.39 is 18.0 Å². The third kappa shape index (κ3) is 6.16. The lowest BCUT2D eigenvalue weighted by Crippen LogP contribution is -2.25. The smallest absolute Gasteiger partial charge is 0.405 e. The number of nitrogens with zero attached hydrogens (tertiary/aromatic N) is 3. The summed E-state index contributed by atoms with van der Waals surface area (Å²) < 4.78 is 43.1. The Morgan fingerprint density at radius 2 is 1.75 bits per heavy atom. The van der Waals surface area contributed by atoms with Crippen molar-refractivity contribution >= 4 is 28.6 Å². The van der Waals surface area contributed by atoms with Gasteiger partial charge in [-0.1, -0.05) is 24.3 Å². The van der Waals surface area contributed by atoms with E-state index in [1.165, 1.54) is 6.07 Å². The van der Waals surface area contributed by atoms with E-state index in [2.05, 4.69) is 20.0 Å². The fourth-order valence-electron chi connectivity index (χ4n) is 4.84. The number of nitrogens with one attached hydrogen (secondary N) is 1. The van der Waals surface area contributed by atoms with Gasteiger partial charge < -0.3 is 20.7 Å². The van der Waals surface area contributed by atoms with Gasteiger partial charge in [-0.15, -0.1) is 13.2 Å². The zero-order chi connectivity index (χ0) is 25.9. The Balaban J connectivity index is 1.38. The summed E-state index contributed by atoms with van der Waals surface area (Å²) in [5.41, 5.74) is 6.26. The third-order valence-electron chi connectivity index (χ3n) is 6.61. The average Bonchev–Trinajstić information content (AvgIpc) is 2.83. The van der Waals surface area contributed by atoms with Crippen molar-refractivity contribution in [2.24, 2.45) is 17.6 Å². The van der Waals surface area contributed by atoms with E-state index in [1.54, 1.807) is 12.1 Å². The molecule has 36 heavy (non-hydrogen) atoms. The molecule has 0 atom stereocenters. The zero-order valence-corrected chi connectivity index (χ0v) is 20.3. The molecule has 0 bridgehead atoms. The first-order chi connectivity index (χ1) is 17.1. The van der Waals surface area contributed by atoms with Crippen LogP contribution in [0.3, 0.4) is 0 Å². The molecule has 2 aromatic carbocycles. The van der Waals surface area contributed by atoms with Gasteiger partial charge in [-0.25, -0.2) is 4.98 Å². The Hall–Kier alpha value is -3.56. The summed E-state index contributed by atoms with van der Waals surface area (Å²) in [4.78, 5) is 23.0. The largest absolute Gasteiger partial charge is 0.573 e. The fourth-order valence-corrected chi connectivity index (χ4v) is 4.84. The molecule has 3 aromatic rings. The van der Waals surface area contributed by atoms with Gasteiger partial charge in [0.1, 0.15) is 11.6 Å². The van der Waals surface area contributed by atoms with Crippen LogP contribution in [0.5, 0.6) is 5.75 Å². The Labute approximate surface area is 207 Å². The number of hydrogen-bond donors (Lipinski definition) is 2. The maximum absolute atomic E-state index is 13.0. The van der Waals surface area contributed by atoms with Gasteiger partial charge in [0.05, 0.1) is 11.1 Å². The predicted molar refractivity (Wildman–Crippen MR) is 133 cm³/mol. The topological polar surface area (TPSA) is 93.4 Å². The van der Waals surface area contributed by atoms with Crippen LogP contribution in [0.1, 0.15) is 41.6 Å². The van der Waals surface area contributed by atoms with Crippen molar-refractivity contribution in [1.82, 2.24) is 9.97 Å². The molecule has 7 nitrogen and oxygen atoms in total. The standard InChI is InChI=1S/C26H30F3N5O2/c1-34(2)24-19-7-3-4-9-21(19)32-25(33-24)31-15-17-12-10-16(11-13-17)14-18-6-5-8-20(23(30)35)22(18)36-26(27,28)29/h3-9,16-17H,10-15H2,1-2H3,(H2,30,35)(H,31,32,33). The van der Waals surface area contributed by atoms with E-state index in [1.807, 2.05) is 43.3 Å². The number of nitrogens with two attached hydrogens (primary N) is 1. The SMILES string of the molecule is CN(C)c1nc(NCC2CCC(Cc3cccc(C(N)=O)c3OC(F)(F)F)CC2)nc2ccccc12. The van der Waals surface area contributed by atoms with Gasteiger partial charge in [0.25, 0.3) is 5.91 Å². The van der Waals surface area contributed by atoms with Crippen LogP contribution in [0.4, 0.5) is 24.9 Å². The average molecular weight is 502 g/mol. The normalized spacial score (nSPS) is 18.1. The number of fused-ring (bicyclic) bond motifs is 1. The van der Waals surface area contributed by atoms with Crippen LogP contribution in [-0.2, 0) is 6.42 Å². The summed E-state index contributed by atoms with van der Waals surface area (Å²) >= 11 is 0. The monoisotopic (exact) mass is 501 g/mol. The Kier molecular flexibility index (Phi) is 7.51. The highest BCUT2D eigenvalue weighted by molar-refractivity contribution is 5.96. The fraction of sp³-hybridized carbons (Fsp3) is 0.423. The van der Waals surface area contributed by atoms with Crippen LogP contribution in [0.25, 0.3) is 10.9 Å². The first-order valence-electron chi connectivity index (χ1n) is 12.0. The molecule has 1 heterocycles. The minimum Gasteiger partial charge on any atom is -0.405 e. The summed E-state index contributed by atoms with van der Waals surface area (Å²) in [5.74, 6) is 0.600. The maximum Gasteiger partial charge on any atom is 0.573 e. The van der Waals surface area contributed by atoms with Gasteiger partial charge in [-0.3, -0.25) is 4.79 Å². The molecule has 4 rings (SSSR count). The quantitative estimate of drug-likeness (QED) is 0.443. The molecule has 0 spiro atoms. The van der Waals surface area contributed by atoms with Crippen LogP contribution in [0.2, 0.25) is 0 Å². The van der Waals surface area contributed by atoms with Crippen LogP contribution in [-0.4, -0.2) is 42.9 Å². The Morgan fingerprint density at radius 1 is 1.06 bits per heavy atom. The van der Waals surface area contributed by atoms with Crippen LogP contribution in [0, 0.1) is 11.8 Å². The minimum absolute atomic E-state index is 0.192. The number of aromatic nitrogens is 2. The third-order valence-corrected chi connectivity index (χ3v) is 6.61. The lowest BCUT2D eigenvalue weighted by molar-refractivity contribution is -0.275. The highest BCUT2D eigenvalue weighted by atomic mass is 19.4. The van der Waals surface area contributed by atoms with Gasteiger partial charge in [0.15, 0.2) is 0 Å². The second-order valence-corrected chi connectivity index (χ2v) is 9.46. The molecule has 1 fully saturated rings. The van der Waals surface area contributed by atoms with E-state index in [-0.39, 0.29) is 11.5 Å². The lowest BCUT2D eigenvalue weighted by Gasteiger charge is -2.29. The lowest BCUT2D eigenvalue weighted by atomic mass is 9.79. The highest BCUT2D eigenvalue weighted by Gasteiger charge is 2.34. The zero-order valence-electron chi connectivity index (χ0n) is 20.3. The number of carbonyl (C=O) groups is 1. The van der Waals surface area contributed by atoms with Crippen molar-refractivity contribution in [2.75, 3.05) is 30.9 Å². The summed E-state index contributed by atoms with van der Waals surface area (Å²) in [6, 6.07) is 12.2. The molecule has 0 aliphatic heterocycles. The number of para-hydroxylation sites is 2. The number of benzene rings is 2. The molecule has 1 amide bonds. The molecule has 1 aromatic heterocycles. The van der Waals surface area contributed by atoms with E-state index in [4.69, 9.17) is 5.73 Å². The predicted octanol–water partition coefficient (Wildman–Crippen LogP) is 5.15. The molecule has 3 N–H and O–H groups in total. The second kappa shape index (κ2) is 10.6. The van der Waals surface area contributed by atoms with Gasteiger partial charge >= 0.3 is 6.36 Å². The first kappa shape index (κ1) is 25.5. The molecule has 0 radical (unpaired) electrons. The molecular formula is C26H30F3N5O2. The molecule has 0 saturated heterocycles. The minimum atomic E-state index is -4.90. The maximum atomic E-state index is 13.0. The molecule has 1 aliphatic carbocycles. The number of primary amides is 1. The highest BCUT2D eigenvalue weighted by Crippen LogP contribution is 2.36. The van der Waals surface area contributed by atoms with Crippen molar-refractivity contribution in [3.05, 3.63) is 53.6 Å². The van der Waals surface area contributed by atoms with E-state index in [0.717, 1.165) is 48.9 Å². The molecule has 192 valence electrons. The number of anilines is 2. The van der Waals surface area contributed by atoms with Gasteiger partial charge in [-0.2, -0.15) is 4.98 Å². The number of halogens is 3. The van der Waals surface area contributed by atoms with Crippen molar-refractivity contribution in [3.8, 4) is 5.75 Å². The van der Waals surface area contributed by atoms with Crippen molar-refractivity contribution in [3.63, 3.8) is 0 Å². The summed E-state index contributed by atoms with van der Waals surface area (Å²) in [7, 11) is 3.90. The van der Waals surface area contributed by atoms with Gasteiger partial charge in [0, 0.05) is 26.0 Å². The van der Waals surface area contributed by atoms with Crippen LogP contribution >= 0.6 is 0 Å². The summed E-state index contributed by atoms with van der Waals surface area (Å²) in [6.45, 7) is 0.720. The molecule has 10 heteroatoms. The van der Waals surface area contributed by atoms with E-state index >= 15 is 0 Å². The molecule has 1 saturated carbocycles. The molecular weight excluding hydrogens is 471 g/mol. The molecule has 1 aliphatic rings. The Morgan fingerprint density at radius 3 is 2.42 bits per heavy atom. The van der Waals surface area contributed by atoms with Gasteiger partial charge in [0.2, 0.25) is 5.95 Å². The Bertz CT molecular complexity index is 1220. The molecule has 0 unspecified atom stereocenters. The van der Waals surface area contributed by atoms with Crippen LogP contribution in [0.15, 0.2) is 42.5 Å². The first-order valence-corrected chi connectivity index (χ1v) is 12.0. The summed E-state index contributed by atoms with van der Waals surface area (Å²) in [6.07, 6.45) is -0.929. The van der Waals surface area contributed by atoms with Crippen molar-refractivity contribution in [1.29, 1.82) is 0 Å². The number of hydrogen-bond acceptors (Lipinski definition) is 6. The summed E-state index contributed by atoms with van der Waals surface area (Å²) in [5, 5.41) is 4.36. The van der Waals surface area contributed by atoms with Gasteiger partial charge in [-0.05, 0) is 67.7 Å². The number of carbonyl (C=O) groups excluding carboxylic acids is 1. The number of ether oxygens (including phenoxy) is 1. The van der Waals surface area contributed by atoms with Crippen molar-refractivity contribution < 1.29 is 22.7 Å². The number of amides is 1. The number of alkyl halides is 3. The number of rotatable bonds is 8. The van der Waals surface area contributed by atoms with E-state index in [9.17, 15) is 18.0 Å². The van der Waals surface area contributed by atoms with Crippen molar-refractivity contribution in [2.45, 2.75) is 38.5 Å². The van der Waals surface area contributed by atoms with Crippen LogP contribution < -0.4 is 20.7 Å².